The fourth-order valence-corrected chi connectivity index (χ4v) is 1.35. The Balaban J connectivity index is 2.95. The third-order valence-corrected chi connectivity index (χ3v) is 2.89. The average Bonchev–Trinajstić information content (AvgIpc) is 2.24. The Bertz CT molecular complexity index is 486. The molecular formula is C10H10BrN5. The van der Waals surface area contributed by atoms with E-state index in [1.807, 2.05) is 19.1 Å². The molecule has 0 aliphatic rings. The number of nitriles is 1. The highest BCUT2D eigenvalue weighted by Crippen LogP contribution is 2.25. The molecule has 6 heteroatoms. The van der Waals surface area contributed by atoms with Crippen LogP contribution < -0.4 is 11.2 Å². The van der Waals surface area contributed by atoms with Crippen LogP contribution in [0.2, 0.25) is 0 Å². The van der Waals surface area contributed by atoms with Crippen molar-refractivity contribution in [2.24, 2.45) is 10.8 Å². The maximum Gasteiger partial charge on any atom is 0.201 e. The molecule has 0 amide bonds. The van der Waals surface area contributed by atoms with Crippen LogP contribution in [-0.2, 0) is 0 Å². The molecule has 0 radical (unpaired) electrons. The van der Waals surface area contributed by atoms with Crippen LogP contribution in [0, 0.1) is 23.7 Å². The second-order valence-electron chi connectivity index (χ2n) is 3.03. The summed E-state index contributed by atoms with van der Waals surface area (Å²) in [6.07, 6.45) is 0. The number of hydrogen-bond acceptors (Lipinski definition) is 4. The highest BCUT2D eigenvalue weighted by molar-refractivity contribution is 9.10. The van der Waals surface area contributed by atoms with Crippen molar-refractivity contribution in [2.75, 3.05) is 5.43 Å². The Hall–Kier alpha value is -1.87. The lowest BCUT2D eigenvalue weighted by Gasteiger charge is -2.05. The van der Waals surface area contributed by atoms with Crippen LogP contribution >= 0.6 is 15.9 Å². The summed E-state index contributed by atoms with van der Waals surface area (Å²) in [6.45, 7) is 1.94. The standard InChI is InChI=1S/C10H10BrN5/c1-6-3-2-4-7(9(6)11)15-16-8(5-12)10(13)14/h2-4,15H,1H3,(H3,13,14)/b16-8+. The SMILES string of the molecule is Cc1cccc(N/N=C(\C#N)C(=N)N)c1Br. The molecule has 0 aliphatic carbocycles. The smallest absolute Gasteiger partial charge is 0.201 e. The van der Waals surface area contributed by atoms with Gasteiger partial charge in [0.25, 0.3) is 0 Å². The predicted molar refractivity (Wildman–Crippen MR) is 67.5 cm³/mol. The summed E-state index contributed by atoms with van der Waals surface area (Å²) in [7, 11) is 0. The highest BCUT2D eigenvalue weighted by Gasteiger charge is 2.03. The number of rotatable bonds is 3. The van der Waals surface area contributed by atoms with Gasteiger partial charge in [0.1, 0.15) is 6.07 Å². The summed E-state index contributed by atoms with van der Waals surface area (Å²) < 4.78 is 0.861. The van der Waals surface area contributed by atoms with E-state index in [0.29, 0.717) is 5.69 Å². The molecule has 0 spiro atoms. The van der Waals surface area contributed by atoms with Gasteiger partial charge in [-0.05, 0) is 34.5 Å². The number of amidine groups is 1. The molecule has 0 saturated heterocycles. The second kappa shape index (κ2) is 5.28. The second-order valence-corrected chi connectivity index (χ2v) is 3.83. The number of benzene rings is 1. The van der Waals surface area contributed by atoms with Gasteiger partial charge in [0.05, 0.1) is 5.69 Å². The van der Waals surface area contributed by atoms with E-state index in [-0.39, 0.29) is 11.5 Å². The van der Waals surface area contributed by atoms with E-state index in [4.69, 9.17) is 16.4 Å². The zero-order valence-corrected chi connectivity index (χ0v) is 10.2. The van der Waals surface area contributed by atoms with E-state index in [1.165, 1.54) is 0 Å². The molecule has 1 aromatic carbocycles. The molecule has 1 aromatic rings. The predicted octanol–water partition coefficient (Wildman–Crippen LogP) is 1.98. The third kappa shape index (κ3) is 2.81. The minimum atomic E-state index is -0.362. The van der Waals surface area contributed by atoms with Crippen molar-refractivity contribution in [3.05, 3.63) is 28.2 Å². The highest BCUT2D eigenvalue weighted by atomic mass is 79.9. The molecule has 1 rings (SSSR count). The zero-order valence-electron chi connectivity index (χ0n) is 8.58. The summed E-state index contributed by atoms with van der Waals surface area (Å²) in [5.74, 6) is -0.362. The largest absolute Gasteiger partial charge is 0.382 e. The molecule has 0 atom stereocenters. The van der Waals surface area contributed by atoms with Crippen molar-refractivity contribution in [1.82, 2.24) is 0 Å². The maximum atomic E-state index is 8.65. The van der Waals surface area contributed by atoms with Gasteiger partial charge in [-0.2, -0.15) is 10.4 Å². The minimum Gasteiger partial charge on any atom is -0.382 e. The van der Waals surface area contributed by atoms with Crippen molar-refractivity contribution >= 4 is 33.2 Å². The van der Waals surface area contributed by atoms with E-state index in [2.05, 4.69) is 26.5 Å². The summed E-state index contributed by atoms with van der Waals surface area (Å²) in [5, 5.41) is 19.5. The number of hydrogen-bond donors (Lipinski definition) is 3. The van der Waals surface area contributed by atoms with Crippen LogP contribution in [-0.4, -0.2) is 11.5 Å². The topological polar surface area (TPSA) is 98.0 Å². The van der Waals surface area contributed by atoms with Crippen molar-refractivity contribution < 1.29 is 0 Å². The molecule has 4 N–H and O–H groups in total. The molecule has 0 saturated carbocycles. The van der Waals surface area contributed by atoms with E-state index in [9.17, 15) is 0 Å². The molecule has 82 valence electrons. The lowest BCUT2D eigenvalue weighted by molar-refractivity contribution is 1.30. The average molecular weight is 280 g/mol. The van der Waals surface area contributed by atoms with Crippen molar-refractivity contribution in [3.8, 4) is 6.07 Å². The Kier molecular flexibility index (Phi) is 4.03. The Labute approximate surface area is 102 Å². The fraction of sp³-hybridized carbons (Fsp3) is 0.100. The molecule has 0 unspecified atom stereocenters. The molecule has 5 nitrogen and oxygen atoms in total. The Morgan fingerprint density at radius 1 is 1.62 bits per heavy atom. The number of hydrazone groups is 1. The van der Waals surface area contributed by atoms with Crippen LogP contribution in [0.3, 0.4) is 0 Å². The van der Waals surface area contributed by atoms with Crippen LogP contribution in [0.25, 0.3) is 0 Å². The molecule has 0 heterocycles. The van der Waals surface area contributed by atoms with Gasteiger partial charge in [-0.25, -0.2) is 0 Å². The monoisotopic (exact) mass is 279 g/mol. The number of halogens is 1. The molecule has 16 heavy (non-hydrogen) atoms. The normalized spacial score (nSPS) is 10.7. The first-order valence-corrected chi connectivity index (χ1v) is 5.19. The van der Waals surface area contributed by atoms with E-state index < -0.39 is 0 Å². The van der Waals surface area contributed by atoms with Gasteiger partial charge in [-0.1, -0.05) is 12.1 Å². The number of anilines is 1. The first kappa shape index (κ1) is 12.2. The molecule has 0 bridgehead atoms. The fourth-order valence-electron chi connectivity index (χ4n) is 0.995. The van der Waals surface area contributed by atoms with Crippen LogP contribution in [0.15, 0.2) is 27.8 Å². The minimum absolute atomic E-state index is 0.145. The number of nitrogens with zero attached hydrogens (tertiary/aromatic N) is 2. The van der Waals surface area contributed by atoms with Gasteiger partial charge in [0.2, 0.25) is 5.71 Å². The molecular weight excluding hydrogens is 270 g/mol. The van der Waals surface area contributed by atoms with Gasteiger partial charge >= 0.3 is 0 Å². The van der Waals surface area contributed by atoms with E-state index in [1.54, 1.807) is 12.1 Å². The van der Waals surface area contributed by atoms with E-state index in [0.717, 1.165) is 10.0 Å². The van der Waals surface area contributed by atoms with Crippen molar-refractivity contribution in [1.29, 1.82) is 10.7 Å². The van der Waals surface area contributed by atoms with E-state index >= 15 is 0 Å². The summed E-state index contributed by atoms with van der Waals surface area (Å²) >= 11 is 3.39. The number of nitrogens with two attached hydrogens (primary N) is 1. The van der Waals surface area contributed by atoms with Gasteiger partial charge in [0.15, 0.2) is 5.84 Å². The zero-order chi connectivity index (χ0) is 12.1. The maximum absolute atomic E-state index is 8.65. The Morgan fingerprint density at radius 3 is 2.88 bits per heavy atom. The lowest BCUT2D eigenvalue weighted by atomic mass is 10.2. The summed E-state index contributed by atoms with van der Waals surface area (Å²) in [4.78, 5) is 0. The van der Waals surface area contributed by atoms with Gasteiger partial charge in [-0.15, -0.1) is 0 Å². The number of aryl methyl sites for hydroxylation is 1. The summed E-state index contributed by atoms with van der Waals surface area (Å²) in [5.41, 5.74) is 9.46. The number of nitrogens with one attached hydrogen (secondary N) is 2. The first-order valence-electron chi connectivity index (χ1n) is 4.39. The quantitative estimate of drug-likeness (QED) is 0.448. The van der Waals surface area contributed by atoms with Crippen LogP contribution in [0.5, 0.6) is 0 Å². The molecule has 0 aliphatic heterocycles. The third-order valence-electron chi connectivity index (χ3n) is 1.84. The van der Waals surface area contributed by atoms with Gasteiger partial charge < -0.3 is 5.73 Å². The van der Waals surface area contributed by atoms with Crippen LogP contribution in [0.4, 0.5) is 5.69 Å². The first-order chi connectivity index (χ1) is 7.56. The molecule has 0 fully saturated rings. The van der Waals surface area contributed by atoms with Crippen LogP contribution in [0.1, 0.15) is 5.56 Å². The lowest BCUT2D eigenvalue weighted by Crippen LogP contribution is -2.21. The van der Waals surface area contributed by atoms with Gasteiger partial charge in [-0.3, -0.25) is 10.8 Å². The van der Waals surface area contributed by atoms with Crippen molar-refractivity contribution in [2.45, 2.75) is 6.92 Å². The van der Waals surface area contributed by atoms with Crippen molar-refractivity contribution in [3.63, 3.8) is 0 Å². The van der Waals surface area contributed by atoms with Gasteiger partial charge in [0, 0.05) is 4.47 Å². The Morgan fingerprint density at radius 2 is 2.31 bits per heavy atom. The molecule has 0 aromatic heterocycles. The summed E-state index contributed by atoms with van der Waals surface area (Å²) in [6, 6.07) is 7.33.